The Hall–Kier alpha value is -2.30. The monoisotopic (exact) mass is 386 g/mol. The number of benzene rings is 1. The average molecular weight is 387 g/mol. The zero-order chi connectivity index (χ0) is 19.3. The zero-order valence-electron chi connectivity index (χ0n) is 15.6. The Morgan fingerprint density at radius 2 is 1.89 bits per heavy atom. The van der Waals surface area contributed by atoms with Crippen molar-refractivity contribution in [2.75, 3.05) is 17.6 Å². The highest BCUT2D eigenvalue weighted by molar-refractivity contribution is 7.89. The van der Waals surface area contributed by atoms with E-state index in [1.165, 1.54) is 0 Å². The van der Waals surface area contributed by atoms with Crippen LogP contribution < -0.4 is 10.0 Å². The highest BCUT2D eigenvalue weighted by Gasteiger charge is 2.24. The maximum atomic E-state index is 11.7. The molecule has 1 heterocycles. The molecule has 1 aromatic carbocycles. The normalized spacial score (nSPS) is 20.1. The van der Waals surface area contributed by atoms with Gasteiger partial charge in [0.1, 0.15) is 6.07 Å². The minimum atomic E-state index is -3.12. The Balaban J connectivity index is 1.56. The smallest absolute Gasteiger partial charge is 0.211 e. The predicted octanol–water partition coefficient (Wildman–Crippen LogP) is 3.26. The molecule has 0 unspecified atom stereocenters. The third-order valence-electron chi connectivity index (χ3n) is 5.17. The van der Waals surface area contributed by atoms with Crippen molar-refractivity contribution in [2.24, 2.45) is 5.92 Å². The summed E-state index contributed by atoms with van der Waals surface area (Å²) in [6.07, 6.45) is 7.63. The van der Waals surface area contributed by atoms with Crippen LogP contribution in [0.1, 0.15) is 38.2 Å². The van der Waals surface area contributed by atoms with Crippen LogP contribution in [0.5, 0.6) is 0 Å². The SMILES string of the molecule is CCS(=O)(=O)N[C@H]1CC[C@H](CNc2ccc(C#N)c(-n3cccc3)c2)CC1. The molecule has 27 heavy (non-hydrogen) atoms. The van der Waals surface area contributed by atoms with Crippen molar-refractivity contribution < 1.29 is 8.42 Å². The molecule has 1 saturated carbocycles. The van der Waals surface area contributed by atoms with Gasteiger partial charge in [-0.05, 0) is 68.9 Å². The highest BCUT2D eigenvalue weighted by Crippen LogP contribution is 2.26. The Morgan fingerprint density at radius 3 is 2.52 bits per heavy atom. The second-order valence-corrected chi connectivity index (χ2v) is 9.10. The molecule has 0 bridgehead atoms. The van der Waals surface area contributed by atoms with Crippen LogP contribution in [0.15, 0.2) is 42.7 Å². The molecule has 1 aliphatic rings. The number of aromatic nitrogens is 1. The Kier molecular flexibility index (Phi) is 6.19. The molecule has 2 N–H and O–H groups in total. The van der Waals surface area contributed by atoms with Crippen molar-refractivity contribution in [1.29, 1.82) is 5.26 Å². The number of sulfonamides is 1. The molecule has 1 aliphatic carbocycles. The minimum absolute atomic E-state index is 0.0708. The molecule has 0 saturated heterocycles. The lowest BCUT2D eigenvalue weighted by molar-refractivity contribution is 0.324. The van der Waals surface area contributed by atoms with Crippen LogP contribution in [0.25, 0.3) is 5.69 Å². The third kappa shape index (κ3) is 5.12. The first-order valence-corrected chi connectivity index (χ1v) is 11.1. The topological polar surface area (TPSA) is 86.9 Å². The molecule has 7 heteroatoms. The van der Waals surface area contributed by atoms with Crippen molar-refractivity contribution in [1.82, 2.24) is 9.29 Å². The van der Waals surface area contributed by atoms with Gasteiger partial charge < -0.3 is 9.88 Å². The summed E-state index contributed by atoms with van der Waals surface area (Å²) >= 11 is 0. The van der Waals surface area contributed by atoms with E-state index in [1.807, 2.05) is 47.3 Å². The van der Waals surface area contributed by atoms with E-state index in [-0.39, 0.29) is 11.8 Å². The van der Waals surface area contributed by atoms with Crippen LogP contribution in [-0.4, -0.2) is 31.3 Å². The number of nitrogens with zero attached hydrogens (tertiary/aromatic N) is 2. The highest BCUT2D eigenvalue weighted by atomic mass is 32.2. The summed E-state index contributed by atoms with van der Waals surface area (Å²) in [5.74, 6) is 0.662. The van der Waals surface area contributed by atoms with Crippen LogP contribution in [0, 0.1) is 17.2 Å². The van der Waals surface area contributed by atoms with Crippen LogP contribution in [0.4, 0.5) is 5.69 Å². The molecular formula is C20H26N4O2S. The van der Waals surface area contributed by atoms with E-state index >= 15 is 0 Å². The molecule has 0 atom stereocenters. The summed E-state index contributed by atoms with van der Waals surface area (Å²) in [5.41, 5.74) is 2.50. The number of hydrogen-bond acceptors (Lipinski definition) is 4. The molecular weight excluding hydrogens is 360 g/mol. The third-order valence-corrected chi connectivity index (χ3v) is 6.62. The maximum Gasteiger partial charge on any atom is 0.211 e. The van der Waals surface area contributed by atoms with Gasteiger partial charge in [0.15, 0.2) is 0 Å². The lowest BCUT2D eigenvalue weighted by atomic mass is 9.86. The molecule has 0 amide bonds. The van der Waals surface area contributed by atoms with Crippen LogP contribution in [-0.2, 0) is 10.0 Å². The summed E-state index contributed by atoms with van der Waals surface area (Å²) < 4.78 is 28.1. The molecule has 0 spiro atoms. The van der Waals surface area contributed by atoms with Gasteiger partial charge in [0, 0.05) is 30.7 Å². The molecule has 0 radical (unpaired) electrons. The van der Waals surface area contributed by atoms with Crippen LogP contribution >= 0.6 is 0 Å². The number of nitrogens with one attached hydrogen (secondary N) is 2. The lowest BCUT2D eigenvalue weighted by Crippen LogP contribution is -2.39. The Bertz CT molecular complexity index is 893. The molecule has 1 aromatic heterocycles. The van der Waals surface area contributed by atoms with Gasteiger partial charge in [-0.2, -0.15) is 5.26 Å². The first-order valence-electron chi connectivity index (χ1n) is 9.42. The fourth-order valence-corrected chi connectivity index (χ4v) is 4.44. The second kappa shape index (κ2) is 8.59. The molecule has 3 rings (SSSR count). The first kappa shape index (κ1) is 19.5. The molecule has 144 valence electrons. The van der Waals surface area contributed by atoms with Crippen molar-refractivity contribution in [3.05, 3.63) is 48.3 Å². The molecule has 6 nitrogen and oxygen atoms in total. The summed E-state index contributed by atoms with van der Waals surface area (Å²) in [4.78, 5) is 0. The molecule has 0 aliphatic heterocycles. The largest absolute Gasteiger partial charge is 0.385 e. The summed E-state index contributed by atoms with van der Waals surface area (Å²) in [5, 5.41) is 12.8. The van der Waals surface area contributed by atoms with Gasteiger partial charge in [0.05, 0.1) is 17.0 Å². The number of nitriles is 1. The quantitative estimate of drug-likeness (QED) is 0.765. The maximum absolute atomic E-state index is 11.7. The lowest BCUT2D eigenvalue weighted by Gasteiger charge is -2.29. The number of rotatable bonds is 7. The van der Waals surface area contributed by atoms with Crippen LogP contribution in [0.2, 0.25) is 0 Å². The average Bonchev–Trinajstić information content (AvgIpc) is 3.21. The van der Waals surface area contributed by atoms with Crippen LogP contribution in [0.3, 0.4) is 0 Å². The van der Waals surface area contributed by atoms with Gasteiger partial charge in [0.25, 0.3) is 0 Å². The summed E-state index contributed by atoms with van der Waals surface area (Å²) in [6.45, 7) is 2.52. The number of hydrogen-bond donors (Lipinski definition) is 2. The van der Waals surface area contributed by atoms with E-state index in [0.717, 1.165) is 43.6 Å². The first-order chi connectivity index (χ1) is 13.0. The molecule has 1 fully saturated rings. The van der Waals surface area contributed by atoms with Gasteiger partial charge in [-0.1, -0.05) is 0 Å². The van der Waals surface area contributed by atoms with Gasteiger partial charge in [-0.15, -0.1) is 0 Å². The van der Waals surface area contributed by atoms with E-state index in [4.69, 9.17) is 0 Å². The number of anilines is 1. The second-order valence-electron chi connectivity index (χ2n) is 7.05. The van der Waals surface area contributed by atoms with E-state index in [0.29, 0.717) is 11.5 Å². The van der Waals surface area contributed by atoms with Crippen molar-refractivity contribution in [2.45, 2.75) is 38.6 Å². The van der Waals surface area contributed by atoms with E-state index in [2.05, 4.69) is 16.1 Å². The summed E-state index contributed by atoms with van der Waals surface area (Å²) in [6, 6.07) is 12.0. The predicted molar refractivity (Wildman–Crippen MR) is 107 cm³/mol. The van der Waals surface area contributed by atoms with Crippen molar-refractivity contribution >= 4 is 15.7 Å². The summed E-state index contributed by atoms with van der Waals surface area (Å²) in [7, 11) is -3.12. The van der Waals surface area contributed by atoms with E-state index in [9.17, 15) is 13.7 Å². The standard InChI is InChI=1S/C20H26N4O2S/c1-2-27(25,26)23-18-8-5-16(6-9-18)15-22-19-10-7-17(14-21)20(13-19)24-11-3-4-12-24/h3-4,7,10-13,16,18,22-23H,2,5-6,8-9,15H2,1H3/t16-,18-. The van der Waals surface area contributed by atoms with Gasteiger partial charge >= 0.3 is 0 Å². The van der Waals surface area contributed by atoms with E-state index < -0.39 is 10.0 Å². The zero-order valence-corrected chi connectivity index (χ0v) is 16.4. The van der Waals surface area contributed by atoms with Crippen molar-refractivity contribution in [3.8, 4) is 11.8 Å². The fraction of sp³-hybridized carbons (Fsp3) is 0.450. The van der Waals surface area contributed by atoms with Gasteiger partial charge in [0.2, 0.25) is 10.0 Å². The Morgan fingerprint density at radius 1 is 1.19 bits per heavy atom. The molecule has 2 aromatic rings. The Labute approximate surface area is 161 Å². The van der Waals surface area contributed by atoms with E-state index in [1.54, 1.807) is 6.92 Å². The minimum Gasteiger partial charge on any atom is -0.385 e. The fourth-order valence-electron chi connectivity index (χ4n) is 3.53. The van der Waals surface area contributed by atoms with Crippen molar-refractivity contribution in [3.63, 3.8) is 0 Å². The van der Waals surface area contributed by atoms with Gasteiger partial charge in [-0.3, -0.25) is 0 Å². The van der Waals surface area contributed by atoms with Gasteiger partial charge in [-0.25, -0.2) is 13.1 Å².